The van der Waals surface area contributed by atoms with Crippen molar-refractivity contribution >= 4 is 11.8 Å². The summed E-state index contributed by atoms with van der Waals surface area (Å²) in [5.74, 6) is 0.408. The third-order valence-electron chi connectivity index (χ3n) is 8.45. The van der Waals surface area contributed by atoms with E-state index in [9.17, 15) is 19.8 Å². The number of rotatable bonds is 11. The monoisotopic (exact) mass is 543 g/mol. The van der Waals surface area contributed by atoms with Gasteiger partial charge in [0.2, 0.25) is 11.8 Å². The number of aliphatic hydroxyl groups excluding tert-OH is 2. The topological polar surface area (TPSA) is 118 Å². The minimum Gasteiger partial charge on any atom is -0.392 e. The molecule has 39 heavy (non-hydrogen) atoms. The van der Waals surface area contributed by atoms with Crippen molar-refractivity contribution in [2.24, 2.45) is 17.8 Å². The van der Waals surface area contributed by atoms with Gasteiger partial charge in [-0.2, -0.15) is 0 Å². The van der Waals surface area contributed by atoms with Gasteiger partial charge in [-0.05, 0) is 69.9 Å². The standard InChI is InChI=1S/C30H49N5O4/c1-20-7-10-26(37)27(20)32-28(38)23(14-21-8-9-21)15-24(36)18-35-13-12-34(17-22-6-5-11-31-16-22)19-25(35)29(39)33-30(2,3)4/h5-6,11,16,20-21,23-27,36-37H,7-10,12-15,17-19H2,1-4H3,(H,32,38)(H,33,39)/t20-,23-,24+,25+,26-,27+/m1/s1. The number of pyridine rings is 1. The molecule has 4 N–H and O–H groups in total. The Hall–Kier alpha value is -2.07. The van der Waals surface area contributed by atoms with E-state index in [4.69, 9.17) is 0 Å². The maximum Gasteiger partial charge on any atom is 0.239 e. The van der Waals surface area contributed by atoms with Crippen LogP contribution in [0.25, 0.3) is 0 Å². The summed E-state index contributed by atoms with van der Waals surface area (Å²) in [5.41, 5.74) is 0.749. The van der Waals surface area contributed by atoms with E-state index < -0.39 is 18.2 Å². The Labute approximate surface area is 233 Å². The number of carbonyl (C=O) groups is 2. The SMILES string of the molecule is C[C@@H]1CC[C@@H](O)[C@H]1NC(=O)[C@H](CC1CC1)C[C@H](O)CN1CCN(Cc2cccnc2)C[C@H]1C(=O)NC(C)(C)C. The van der Waals surface area contributed by atoms with E-state index in [2.05, 4.69) is 32.3 Å². The lowest BCUT2D eigenvalue weighted by Crippen LogP contribution is -2.61. The van der Waals surface area contributed by atoms with Crippen LogP contribution in [0.5, 0.6) is 0 Å². The highest BCUT2D eigenvalue weighted by Gasteiger charge is 2.38. The van der Waals surface area contributed by atoms with E-state index in [1.165, 1.54) is 0 Å². The highest BCUT2D eigenvalue weighted by Crippen LogP contribution is 2.37. The van der Waals surface area contributed by atoms with Crippen LogP contribution in [-0.2, 0) is 16.1 Å². The average Bonchev–Trinajstić information content (AvgIpc) is 3.64. The van der Waals surface area contributed by atoms with Crippen molar-refractivity contribution in [3.05, 3.63) is 30.1 Å². The van der Waals surface area contributed by atoms with Crippen molar-refractivity contribution in [2.75, 3.05) is 26.2 Å². The lowest BCUT2D eigenvalue weighted by molar-refractivity contribution is -0.132. The Kier molecular flexibility index (Phi) is 10.0. The Bertz CT molecular complexity index is 940. The summed E-state index contributed by atoms with van der Waals surface area (Å²) in [6, 6.07) is 3.36. The largest absolute Gasteiger partial charge is 0.392 e. The number of hydrogen-bond donors (Lipinski definition) is 4. The van der Waals surface area contributed by atoms with Gasteiger partial charge in [-0.25, -0.2) is 0 Å². The fourth-order valence-electron chi connectivity index (χ4n) is 6.12. The molecule has 3 fully saturated rings. The molecule has 1 aliphatic heterocycles. The summed E-state index contributed by atoms with van der Waals surface area (Å²) in [4.78, 5) is 35.3. The molecule has 1 aromatic rings. The molecule has 0 bridgehead atoms. The second-order valence-corrected chi connectivity index (χ2v) is 13.3. The van der Waals surface area contributed by atoms with Crippen LogP contribution in [0.1, 0.15) is 71.8 Å². The van der Waals surface area contributed by atoms with Crippen LogP contribution in [0.15, 0.2) is 24.5 Å². The predicted octanol–water partition coefficient (Wildman–Crippen LogP) is 1.93. The van der Waals surface area contributed by atoms with E-state index >= 15 is 0 Å². The summed E-state index contributed by atoms with van der Waals surface area (Å²) in [6.45, 7) is 11.1. The molecule has 0 radical (unpaired) electrons. The zero-order valence-corrected chi connectivity index (χ0v) is 24.2. The number of amides is 2. The van der Waals surface area contributed by atoms with Gasteiger partial charge >= 0.3 is 0 Å². The first kappa shape index (κ1) is 29.9. The molecule has 6 atom stereocenters. The first-order chi connectivity index (χ1) is 18.5. The highest BCUT2D eigenvalue weighted by atomic mass is 16.3. The zero-order valence-electron chi connectivity index (χ0n) is 24.2. The van der Waals surface area contributed by atoms with Gasteiger partial charge in [0, 0.05) is 56.6 Å². The Morgan fingerprint density at radius 2 is 1.95 bits per heavy atom. The summed E-state index contributed by atoms with van der Waals surface area (Å²) >= 11 is 0. The fraction of sp³-hybridized carbons (Fsp3) is 0.767. The second-order valence-electron chi connectivity index (χ2n) is 13.3. The van der Waals surface area contributed by atoms with E-state index in [0.29, 0.717) is 38.4 Å². The number of aliphatic hydroxyl groups is 2. The molecule has 2 amide bonds. The van der Waals surface area contributed by atoms with E-state index in [-0.39, 0.29) is 35.2 Å². The van der Waals surface area contributed by atoms with E-state index in [0.717, 1.165) is 44.3 Å². The van der Waals surface area contributed by atoms with Gasteiger partial charge in [0.05, 0.1) is 18.2 Å². The van der Waals surface area contributed by atoms with E-state index in [1.54, 1.807) is 6.20 Å². The maximum atomic E-state index is 13.4. The first-order valence-corrected chi connectivity index (χ1v) is 14.8. The van der Waals surface area contributed by atoms with E-state index in [1.807, 2.05) is 39.1 Å². The molecule has 1 aromatic heterocycles. The molecule has 2 saturated carbocycles. The van der Waals surface area contributed by atoms with Crippen LogP contribution >= 0.6 is 0 Å². The Morgan fingerprint density at radius 3 is 2.56 bits per heavy atom. The highest BCUT2D eigenvalue weighted by molar-refractivity contribution is 5.83. The van der Waals surface area contributed by atoms with Gasteiger partial charge in [-0.15, -0.1) is 0 Å². The van der Waals surface area contributed by atoms with Crippen molar-refractivity contribution < 1.29 is 19.8 Å². The molecule has 0 aromatic carbocycles. The molecular formula is C30H49N5O4. The smallest absolute Gasteiger partial charge is 0.239 e. The van der Waals surface area contributed by atoms with Crippen LogP contribution in [0.4, 0.5) is 0 Å². The molecule has 2 aliphatic carbocycles. The number of hydrogen-bond acceptors (Lipinski definition) is 7. The number of aromatic nitrogens is 1. The van der Waals surface area contributed by atoms with Gasteiger partial charge in [0.15, 0.2) is 0 Å². The number of carbonyl (C=O) groups excluding carboxylic acids is 2. The van der Waals surface area contributed by atoms with Crippen molar-refractivity contribution in [1.82, 2.24) is 25.4 Å². The molecule has 0 spiro atoms. The molecule has 9 nitrogen and oxygen atoms in total. The van der Waals surface area contributed by atoms with Crippen molar-refractivity contribution in [1.29, 1.82) is 0 Å². The van der Waals surface area contributed by atoms with Gasteiger partial charge in [-0.3, -0.25) is 24.4 Å². The minimum absolute atomic E-state index is 0.0398. The Morgan fingerprint density at radius 1 is 1.18 bits per heavy atom. The molecular weight excluding hydrogens is 494 g/mol. The van der Waals surface area contributed by atoms with Crippen molar-refractivity contribution in [3.63, 3.8) is 0 Å². The molecule has 9 heteroatoms. The predicted molar refractivity (Wildman–Crippen MR) is 151 cm³/mol. The number of β-amino-alcohol motifs (C(OH)–C–C–N with tert-alkyl or cyclic N) is 1. The lowest BCUT2D eigenvalue weighted by Gasteiger charge is -2.42. The van der Waals surface area contributed by atoms with Crippen LogP contribution in [-0.4, -0.2) is 92.8 Å². The summed E-state index contributed by atoms with van der Waals surface area (Å²) in [6.07, 6.45) is 7.43. The summed E-state index contributed by atoms with van der Waals surface area (Å²) in [5, 5.41) is 27.8. The van der Waals surface area contributed by atoms with Gasteiger partial charge in [0.1, 0.15) is 6.04 Å². The molecule has 218 valence electrons. The lowest BCUT2D eigenvalue weighted by atomic mass is 9.92. The molecule has 2 heterocycles. The zero-order chi connectivity index (χ0) is 28.2. The average molecular weight is 544 g/mol. The normalized spacial score (nSPS) is 28.2. The first-order valence-electron chi connectivity index (χ1n) is 14.8. The van der Waals surface area contributed by atoms with Crippen molar-refractivity contribution in [3.8, 4) is 0 Å². The van der Waals surface area contributed by atoms with Crippen molar-refractivity contribution in [2.45, 2.75) is 103 Å². The Balaban J connectivity index is 1.39. The number of piperazine rings is 1. The maximum absolute atomic E-state index is 13.4. The van der Waals surface area contributed by atoms with Crippen LogP contribution in [0.2, 0.25) is 0 Å². The fourth-order valence-corrected chi connectivity index (χ4v) is 6.12. The third-order valence-corrected chi connectivity index (χ3v) is 8.45. The number of nitrogens with one attached hydrogen (secondary N) is 2. The molecule has 3 aliphatic rings. The quantitative estimate of drug-likeness (QED) is 0.337. The van der Waals surface area contributed by atoms with Crippen LogP contribution < -0.4 is 10.6 Å². The molecule has 4 rings (SSSR count). The second kappa shape index (κ2) is 13.1. The summed E-state index contributed by atoms with van der Waals surface area (Å²) in [7, 11) is 0. The van der Waals surface area contributed by atoms with Gasteiger partial charge in [0.25, 0.3) is 0 Å². The van der Waals surface area contributed by atoms with Crippen LogP contribution in [0.3, 0.4) is 0 Å². The minimum atomic E-state index is -0.722. The van der Waals surface area contributed by atoms with Gasteiger partial charge in [-0.1, -0.05) is 25.8 Å². The van der Waals surface area contributed by atoms with Gasteiger partial charge < -0.3 is 20.8 Å². The molecule has 0 unspecified atom stereocenters. The number of nitrogens with zero attached hydrogens (tertiary/aromatic N) is 3. The van der Waals surface area contributed by atoms with Crippen LogP contribution in [0, 0.1) is 17.8 Å². The summed E-state index contributed by atoms with van der Waals surface area (Å²) < 4.78 is 0. The third kappa shape index (κ3) is 8.96. The molecule has 1 saturated heterocycles.